The average Bonchev–Trinajstić information content (AvgIpc) is 3.22. The van der Waals surface area contributed by atoms with Crippen molar-refractivity contribution in [1.82, 2.24) is 29.9 Å². The zero-order valence-corrected chi connectivity index (χ0v) is 17.1. The van der Waals surface area contributed by atoms with Gasteiger partial charge < -0.3 is 14.4 Å². The molecule has 1 aliphatic heterocycles. The second-order valence-corrected chi connectivity index (χ2v) is 7.50. The van der Waals surface area contributed by atoms with Crippen LogP contribution in [0.15, 0.2) is 33.6 Å². The van der Waals surface area contributed by atoms with Crippen LogP contribution >= 0.6 is 0 Å². The molecule has 0 unspecified atom stereocenters. The molecule has 0 spiro atoms. The van der Waals surface area contributed by atoms with E-state index in [0.29, 0.717) is 67.3 Å². The molecule has 1 amide bonds. The number of carbonyl (C=O) groups excluding carboxylic acids is 1. The third-order valence-electron chi connectivity index (χ3n) is 5.37. The molecule has 0 radical (unpaired) electrons. The Bertz CT molecular complexity index is 1070. The number of aryl methyl sites for hydroxylation is 2. The van der Waals surface area contributed by atoms with Crippen LogP contribution in [0.3, 0.4) is 0 Å². The largest absolute Gasteiger partial charge is 0.340 e. The van der Waals surface area contributed by atoms with E-state index in [0.717, 1.165) is 19.5 Å². The van der Waals surface area contributed by atoms with E-state index in [1.807, 2.05) is 30.0 Å². The number of hydrogen-bond acceptors (Lipinski definition) is 7. The number of nitrogens with zero attached hydrogens (tertiary/aromatic N) is 5. The molecular formula is C21H26N6O3. The lowest BCUT2D eigenvalue weighted by molar-refractivity contribution is -0.133. The Labute approximate surface area is 174 Å². The molecule has 1 N–H and O–H groups in total. The quantitative estimate of drug-likeness (QED) is 0.629. The molecule has 1 aliphatic rings. The molecule has 1 aromatic carbocycles. The topological polar surface area (TPSA) is 108 Å². The van der Waals surface area contributed by atoms with Gasteiger partial charge in [0.2, 0.25) is 11.8 Å². The maximum atomic E-state index is 12.6. The predicted molar refractivity (Wildman–Crippen MR) is 111 cm³/mol. The van der Waals surface area contributed by atoms with Crippen molar-refractivity contribution in [3.05, 3.63) is 52.2 Å². The van der Waals surface area contributed by atoms with Crippen molar-refractivity contribution in [2.75, 3.05) is 26.2 Å². The van der Waals surface area contributed by atoms with Crippen LogP contribution < -0.4 is 5.56 Å². The highest BCUT2D eigenvalue weighted by Crippen LogP contribution is 2.11. The highest BCUT2D eigenvalue weighted by molar-refractivity contribution is 5.77. The first-order valence-corrected chi connectivity index (χ1v) is 10.4. The number of H-pyrrole nitrogens is 1. The van der Waals surface area contributed by atoms with Crippen LogP contribution in [0, 0.1) is 0 Å². The van der Waals surface area contributed by atoms with Gasteiger partial charge in [-0.1, -0.05) is 24.2 Å². The number of fused-ring (bicyclic) bond motifs is 1. The normalized spacial score (nSPS) is 15.0. The van der Waals surface area contributed by atoms with Gasteiger partial charge in [0, 0.05) is 45.4 Å². The molecule has 0 aliphatic carbocycles. The van der Waals surface area contributed by atoms with Crippen LogP contribution in [0.1, 0.15) is 37.3 Å². The average molecular weight is 410 g/mol. The van der Waals surface area contributed by atoms with Crippen molar-refractivity contribution >= 4 is 16.8 Å². The van der Waals surface area contributed by atoms with Gasteiger partial charge in [0.25, 0.3) is 5.56 Å². The van der Waals surface area contributed by atoms with Crippen molar-refractivity contribution < 1.29 is 9.32 Å². The highest BCUT2D eigenvalue weighted by Gasteiger charge is 2.22. The van der Waals surface area contributed by atoms with E-state index in [1.54, 1.807) is 6.07 Å². The number of aromatic amines is 1. The molecule has 9 nitrogen and oxygen atoms in total. The Kier molecular flexibility index (Phi) is 6.18. The van der Waals surface area contributed by atoms with Crippen LogP contribution in [0.5, 0.6) is 0 Å². The molecule has 1 fully saturated rings. The lowest BCUT2D eigenvalue weighted by Gasteiger charge is -2.34. The molecule has 3 heterocycles. The third kappa shape index (κ3) is 4.73. The summed E-state index contributed by atoms with van der Waals surface area (Å²) in [4.78, 5) is 40.5. The molecule has 9 heteroatoms. The van der Waals surface area contributed by atoms with Crippen LogP contribution in [-0.2, 0) is 24.2 Å². The molecule has 3 aromatic rings. The first-order chi connectivity index (χ1) is 14.6. The van der Waals surface area contributed by atoms with E-state index in [4.69, 9.17) is 4.52 Å². The van der Waals surface area contributed by atoms with Gasteiger partial charge in [0.05, 0.1) is 17.4 Å². The van der Waals surface area contributed by atoms with E-state index < -0.39 is 0 Å². The number of benzene rings is 1. The zero-order chi connectivity index (χ0) is 20.9. The van der Waals surface area contributed by atoms with Crippen LogP contribution in [0.4, 0.5) is 0 Å². The third-order valence-corrected chi connectivity index (χ3v) is 5.37. The smallest absolute Gasteiger partial charge is 0.258 e. The molecule has 0 saturated carbocycles. The van der Waals surface area contributed by atoms with Gasteiger partial charge in [-0.2, -0.15) is 4.98 Å². The fourth-order valence-corrected chi connectivity index (χ4v) is 3.67. The number of para-hydroxylation sites is 1. The summed E-state index contributed by atoms with van der Waals surface area (Å²) in [6, 6.07) is 7.27. The van der Waals surface area contributed by atoms with Crippen molar-refractivity contribution in [1.29, 1.82) is 0 Å². The van der Waals surface area contributed by atoms with E-state index in [9.17, 15) is 9.59 Å². The molecule has 30 heavy (non-hydrogen) atoms. The predicted octanol–water partition coefficient (Wildman–Crippen LogP) is 1.54. The summed E-state index contributed by atoms with van der Waals surface area (Å²) in [5.74, 6) is 2.12. The number of rotatable bonds is 7. The fraction of sp³-hybridized carbons (Fsp3) is 0.476. The Morgan fingerprint density at radius 2 is 1.97 bits per heavy atom. The number of hydrogen-bond donors (Lipinski definition) is 1. The van der Waals surface area contributed by atoms with Crippen LogP contribution in [-0.4, -0.2) is 62.0 Å². The number of carbonyl (C=O) groups is 1. The summed E-state index contributed by atoms with van der Waals surface area (Å²) in [7, 11) is 0. The maximum Gasteiger partial charge on any atom is 0.258 e. The van der Waals surface area contributed by atoms with Gasteiger partial charge >= 0.3 is 0 Å². The monoisotopic (exact) mass is 410 g/mol. The minimum atomic E-state index is -0.134. The van der Waals surface area contributed by atoms with Crippen LogP contribution in [0.25, 0.3) is 10.9 Å². The molecule has 0 bridgehead atoms. The number of nitrogens with one attached hydrogen (secondary N) is 1. The zero-order valence-electron chi connectivity index (χ0n) is 17.1. The number of piperazine rings is 1. The van der Waals surface area contributed by atoms with Gasteiger partial charge in [-0.05, 0) is 18.6 Å². The Balaban J connectivity index is 1.23. The molecule has 1 saturated heterocycles. The van der Waals surface area contributed by atoms with E-state index >= 15 is 0 Å². The Hall–Kier alpha value is -3.07. The summed E-state index contributed by atoms with van der Waals surface area (Å²) in [5.41, 5.74) is 0.553. The van der Waals surface area contributed by atoms with E-state index in [-0.39, 0.29) is 11.5 Å². The van der Waals surface area contributed by atoms with Gasteiger partial charge in [-0.25, -0.2) is 4.98 Å². The van der Waals surface area contributed by atoms with E-state index in [2.05, 4.69) is 25.0 Å². The summed E-state index contributed by atoms with van der Waals surface area (Å²) in [6.45, 7) is 5.61. The number of aromatic nitrogens is 4. The lowest BCUT2D eigenvalue weighted by atomic mass is 10.2. The molecule has 4 rings (SSSR count). The van der Waals surface area contributed by atoms with Crippen LogP contribution in [0.2, 0.25) is 0 Å². The van der Waals surface area contributed by atoms with Gasteiger partial charge in [-0.15, -0.1) is 0 Å². The molecular weight excluding hydrogens is 384 g/mol. The highest BCUT2D eigenvalue weighted by atomic mass is 16.5. The van der Waals surface area contributed by atoms with Gasteiger partial charge in [0.15, 0.2) is 5.82 Å². The second kappa shape index (κ2) is 9.17. The second-order valence-electron chi connectivity index (χ2n) is 7.50. The summed E-state index contributed by atoms with van der Waals surface area (Å²) >= 11 is 0. The summed E-state index contributed by atoms with van der Waals surface area (Å²) in [6.07, 6.45) is 2.41. The first-order valence-electron chi connectivity index (χ1n) is 10.4. The standard InChI is InChI=1S/C21H26N6O3/c1-2-19-23-18(25-30-19)14-26-10-12-27(13-11-26)20(28)9-5-8-17-22-16-7-4-3-6-15(16)21(29)24-17/h3-4,6-7H,2,5,8-14H2,1H3,(H,22,24,29). The minimum Gasteiger partial charge on any atom is -0.340 e. The Morgan fingerprint density at radius 1 is 1.17 bits per heavy atom. The van der Waals surface area contributed by atoms with Crippen molar-refractivity contribution in [3.8, 4) is 0 Å². The first kappa shape index (κ1) is 20.2. The minimum absolute atomic E-state index is 0.134. The van der Waals surface area contributed by atoms with Gasteiger partial charge in [-0.3, -0.25) is 14.5 Å². The number of amides is 1. The SMILES string of the molecule is CCc1nc(CN2CCN(C(=O)CCCc3nc4ccccc4c(=O)[nH]3)CC2)no1. The molecule has 0 atom stereocenters. The maximum absolute atomic E-state index is 12.6. The van der Waals surface area contributed by atoms with Crippen molar-refractivity contribution in [2.45, 2.75) is 39.2 Å². The Morgan fingerprint density at radius 3 is 2.73 bits per heavy atom. The van der Waals surface area contributed by atoms with Crippen molar-refractivity contribution in [2.24, 2.45) is 0 Å². The summed E-state index contributed by atoms with van der Waals surface area (Å²) < 4.78 is 5.15. The summed E-state index contributed by atoms with van der Waals surface area (Å²) in [5, 5.41) is 4.58. The van der Waals surface area contributed by atoms with Crippen molar-refractivity contribution in [3.63, 3.8) is 0 Å². The molecule has 158 valence electrons. The fourth-order valence-electron chi connectivity index (χ4n) is 3.67. The van der Waals surface area contributed by atoms with Gasteiger partial charge in [0.1, 0.15) is 5.82 Å². The van der Waals surface area contributed by atoms with E-state index in [1.165, 1.54) is 0 Å². The lowest BCUT2D eigenvalue weighted by Crippen LogP contribution is -2.48. The molecule has 2 aromatic heterocycles.